The number of amides is 2. The number of thiocarbonyl (C=S) groups is 1. The highest BCUT2D eigenvalue weighted by Crippen LogP contribution is 2.27. The molecule has 0 unspecified atom stereocenters. The zero-order chi connectivity index (χ0) is 25.3. The molecule has 2 aromatic carbocycles. The Bertz CT molecular complexity index is 1400. The predicted octanol–water partition coefficient (Wildman–Crippen LogP) is 4.41. The first-order chi connectivity index (χ1) is 16.7. The number of nitrogens with one attached hydrogen (secondary N) is 1. The molecule has 1 aliphatic rings. The molecule has 2 amide bonds. The van der Waals surface area contributed by atoms with Crippen LogP contribution in [-0.4, -0.2) is 34.1 Å². The Morgan fingerprint density at radius 3 is 2.46 bits per heavy atom. The van der Waals surface area contributed by atoms with Gasteiger partial charge in [0.2, 0.25) is 0 Å². The van der Waals surface area contributed by atoms with Crippen LogP contribution in [0.25, 0.3) is 11.8 Å². The van der Waals surface area contributed by atoms with Gasteiger partial charge < -0.3 is 9.30 Å². The van der Waals surface area contributed by atoms with Crippen molar-refractivity contribution < 1.29 is 19.1 Å². The zero-order valence-corrected chi connectivity index (χ0v) is 20.7. The first-order valence-electron chi connectivity index (χ1n) is 11.2. The van der Waals surface area contributed by atoms with Crippen molar-refractivity contribution in [2.45, 2.75) is 27.7 Å². The molecule has 0 spiro atoms. The van der Waals surface area contributed by atoms with Gasteiger partial charge in [-0.15, -0.1) is 0 Å². The SMILES string of the molecule is CCOC(=O)c1cccc(-n2c(C)cc(/C=C3/C(=O)NC(=S)N(c4cccc(C)c4)C3=O)c2C)c1. The van der Waals surface area contributed by atoms with Gasteiger partial charge in [0.05, 0.1) is 17.9 Å². The van der Waals surface area contributed by atoms with Crippen molar-refractivity contribution in [3.63, 3.8) is 0 Å². The molecule has 2 heterocycles. The molecule has 8 heteroatoms. The zero-order valence-electron chi connectivity index (χ0n) is 19.9. The number of aryl methyl sites for hydroxylation is 2. The number of nitrogens with zero attached hydrogens (tertiary/aromatic N) is 2. The summed E-state index contributed by atoms with van der Waals surface area (Å²) >= 11 is 5.29. The van der Waals surface area contributed by atoms with E-state index in [9.17, 15) is 14.4 Å². The Hall–Kier alpha value is -4.04. The van der Waals surface area contributed by atoms with Crippen LogP contribution in [0.15, 0.2) is 60.2 Å². The summed E-state index contributed by atoms with van der Waals surface area (Å²) in [5.74, 6) is -1.42. The van der Waals surface area contributed by atoms with Gasteiger partial charge in [-0.25, -0.2) is 4.79 Å². The van der Waals surface area contributed by atoms with E-state index in [4.69, 9.17) is 17.0 Å². The maximum Gasteiger partial charge on any atom is 0.338 e. The minimum atomic E-state index is -0.544. The highest BCUT2D eigenvalue weighted by Gasteiger charge is 2.34. The van der Waals surface area contributed by atoms with E-state index in [0.29, 0.717) is 23.4 Å². The van der Waals surface area contributed by atoms with Crippen LogP contribution in [0.3, 0.4) is 0 Å². The molecule has 0 radical (unpaired) electrons. The molecule has 3 aromatic rings. The summed E-state index contributed by atoms with van der Waals surface area (Å²) in [6.07, 6.45) is 1.58. The van der Waals surface area contributed by atoms with Crippen LogP contribution in [0.1, 0.15) is 39.8 Å². The molecule has 7 nitrogen and oxygen atoms in total. The van der Waals surface area contributed by atoms with Gasteiger partial charge in [-0.05, 0) is 93.5 Å². The van der Waals surface area contributed by atoms with Crippen LogP contribution in [0.4, 0.5) is 5.69 Å². The fourth-order valence-corrected chi connectivity index (χ4v) is 4.41. The average molecular weight is 488 g/mol. The fraction of sp³-hybridized carbons (Fsp3) is 0.185. The normalized spacial score (nSPS) is 14.9. The summed E-state index contributed by atoms with van der Waals surface area (Å²) < 4.78 is 7.08. The topological polar surface area (TPSA) is 80.6 Å². The number of hydrogen-bond acceptors (Lipinski definition) is 5. The van der Waals surface area contributed by atoms with Crippen molar-refractivity contribution in [3.05, 3.63) is 88.2 Å². The second-order valence-electron chi connectivity index (χ2n) is 8.23. The quantitative estimate of drug-likeness (QED) is 0.250. The number of anilines is 1. The third kappa shape index (κ3) is 4.65. The highest BCUT2D eigenvalue weighted by molar-refractivity contribution is 7.80. The molecule has 0 saturated carbocycles. The second kappa shape index (κ2) is 9.68. The number of benzene rings is 2. The molecule has 35 heavy (non-hydrogen) atoms. The Morgan fingerprint density at radius 1 is 1.03 bits per heavy atom. The van der Waals surface area contributed by atoms with E-state index in [1.54, 1.807) is 37.3 Å². The number of rotatable bonds is 5. The van der Waals surface area contributed by atoms with Crippen molar-refractivity contribution in [2.24, 2.45) is 0 Å². The molecular weight excluding hydrogens is 462 g/mol. The molecule has 0 bridgehead atoms. The van der Waals surface area contributed by atoms with Crippen molar-refractivity contribution in [3.8, 4) is 5.69 Å². The van der Waals surface area contributed by atoms with Gasteiger partial charge in [0, 0.05) is 17.1 Å². The summed E-state index contributed by atoms with van der Waals surface area (Å²) in [6, 6.07) is 16.4. The van der Waals surface area contributed by atoms with Gasteiger partial charge in [0.1, 0.15) is 5.57 Å². The Balaban J connectivity index is 1.74. The standard InChI is InChI=1S/C27H25N3O4S/c1-5-34-26(33)19-9-7-11-22(14-19)29-17(3)13-20(18(29)4)15-23-24(31)28-27(35)30(25(23)32)21-10-6-8-16(2)12-21/h6-15H,5H2,1-4H3,(H,28,31,35)/b23-15-. The summed E-state index contributed by atoms with van der Waals surface area (Å²) in [4.78, 5) is 39.6. The first kappa shape index (κ1) is 24.1. The Labute approximate surface area is 209 Å². The Morgan fingerprint density at radius 2 is 1.74 bits per heavy atom. The summed E-state index contributed by atoms with van der Waals surface area (Å²) in [6.45, 7) is 7.79. The molecule has 178 valence electrons. The minimum Gasteiger partial charge on any atom is -0.462 e. The van der Waals surface area contributed by atoms with E-state index in [0.717, 1.165) is 22.6 Å². The van der Waals surface area contributed by atoms with E-state index in [1.807, 2.05) is 55.7 Å². The summed E-state index contributed by atoms with van der Waals surface area (Å²) in [7, 11) is 0. The van der Waals surface area contributed by atoms with Crippen molar-refractivity contribution in [1.29, 1.82) is 0 Å². The molecule has 0 aliphatic carbocycles. The van der Waals surface area contributed by atoms with Crippen molar-refractivity contribution in [2.75, 3.05) is 11.5 Å². The molecule has 1 aliphatic heterocycles. The monoisotopic (exact) mass is 487 g/mol. The number of aromatic nitrogens is 1. The first-order valence-corrected chi connectivity index (χ1v) is 11.6. The van der Waals surface area contributed by atoms with Gasteiger partial charge >= 0.3 is 5.97 Å². The number of ether oxygens (including phenoxy) is 1. The summed E-state index contributed by atoms with van der Waals surface area (Å²) in [5, 5.41) is 2.67. The summed E-state index contributed by atoms with van der Waals surface area (Å²) in [5.41, 5.74) is 5.16. The van der Waals surface area contributed by atoms with Crippen LogP contribution >= 0.6 is 12.2 Å². The number of carbonyl (C=O) groups excluding carboxylic acids is 3. The molecule has 1 N–H and O–H groups in total. The molecular formula is C27H25N3O4S. The lowest BCUT2D eigenvalue weighted by Gasteiger charge is -2.29. The van der Waals surface area contributed by atoms with Gasteiger partial charge in [-0.1, -0.05) is 18.2 Å². The fourth-order valence-electron chi connectivity index (χ4n) is 4.13. The molecule has 1 aromatic heterocycles. The van der Waals surface area contributed by atoms with E-state index in [-0.39, 0.29) is 10.7 Å². The number of carbonyl (C=O) groups is 3. The van der Waals surface area contributed by atoms with Crippen LogP contribution < -0.4 is 10.2 Å². The molecule has 1 fully saturated rings. The van der Waals surface area contributed by atoms with Crippen LogP contribution in [0.5, 0.6) is 0 Å². The van der Waals surface area contributed by atoms with E-state index in [2.05, 4.69) is 5.32 Å². The van der Waals surface area contributed by atoms with E-state index < -0.39 is 17.8 Å². The molecule has 1 saturated heterocycles. The second-order valence-corrected chi connectivity index (χ2v) is 8.62. The van der Waals surface area contributed by atoms with Gasteiger partial charge in [0.25, 0.3) is 11.8 Å². The lowest BCUT2D eigenvalue weighted by molar-refractivity contribution is -0.122. The van der Waals surface area contributed by atoms with Crippen LogP contribution in [0, 0.1) is 20.8 Å². The third-order valence-electron chi connectivity index (χ3n) is 5.75. The smallest absolute Gasteiger partial charge is 0.338 e. The number of hydrogen-bond donors (Lipinski definition) is 1. The Kier molecular flexibility index (Phi) is 6.66. The lowest BCUT2D eigenvalue weighted by Crippen LogP contribution is -2.54. The maximum atomic E-state index is 13.4. The van der Waals surface area contributed by atoms with Gasteiger partial charge in [-0.3, -0.25) is 19.8 Å². The third-order valence-corrected chi connectivity index (χ3v) is 6.03. The molecule has 4 rings (SSSR count). The molecule has 0 atom stereocenters. The largest absolute Gasteiger partial charge is 0.462 e. The average Bonchev–Trinajstić information content (AvgIpc) is 3.09. The van der Waals surface area contributed by atoms with Gasteiger partial charge in [0.15, 0.2) is 5.11 Å². The van der Waals surface area contributed by atoms with Crippen molar-refractivity contribution >= 4 is 46.9 Å². The van der Waals surface area contributed by atoms with Crippen LogP contribution in [-0.2, 0) is 14.3 Å². The predicted molar refractivity (Wildman–Crippen MR) is 139 cm³/mol. The van der Waals surface area contributed by atoms with Crippen molar-refractivity contribution in [1.82, 2.24) is 9.88 Å². The van der Waals surface area contributed by atoms with Crippen LogP contribution in [0.2, 0.25) is 0 Å². The minimum absolute atomic E-state index is 0.0133. The maximum absolute atomic E-state index is 13.4. The van der Waals surface area contributed by atoms with Gasteiger partial charge in [-0.2, -0.15) is 0 Å². The number of esters is 1. The van der Waals surface area contributed by atoms with E-state index >= 15 is 0 Å². The highest BCUT2D eigenvalue weighted by atomic mass is 32.1. The lowest BCUT2D eigenvalue weighted by atomic mass is 10.1. The van der Waals surface area contributed by atoms with E-state index in [1.165, 1.54) is 4.90 Å².